The first-order valence-electron chi connectivity index (χ1n) is 6.95. The number of carbonyl (C=O) groups is 2. The number of nitrogens with zero attached hydrogens (tertiary/aromatic N) is 1. The smallest absolute Gasteiger partial charge is 0.223 e. The van der Waals surface area contributed by atoms with Crippen LogP contribution in [0.25, 0.3) is 0 Å². The molecule has 0 aromatic heterocycles. The Morgan fingerprint density at radius 3 is 2.57 bits per heavy atom. The fourth-order valence-electron chi connectivity index (χ4n) is 1.85. The zero-order valence-corrected chi connectivity index (χ0v) is 12.3. The first-order valence-corrected chi connectivity index (χ1v) is 6.95. The lowest BCUT2D eigenvalue weighted by Gasteiger charge is -2.21. The molecule has 0 fully saturated rings. The minimum Gasteiger partial charge on any atom is -0.356 e. The maximum absolute atomic E-state index is 13.7. The van der Waals surface area contributed by atoms with E-state index in [1.807, 2.05) is 6.92 Å². The van der Waals surface area contributed by atoms with Gasteiger partial charge in [0.05, 0.1) is 5.69 Å². The van der Waals surface area contributed by atoms with Gasteiger partial charge in [-0.1, -0.05) is 13.3 Å². The maximum Gasteiger partial charge on any atom is 0.223 e. The zero-order valence-electron chi connectivity index (χ0n) is 12.3. The highest BCUT2D eigenvalue weighted by Crippen LogP contribution is 2.20. The molecule has 6 heteroatoms. The van der Waals surface area contributed by atoms with Crippen molar-refractivity contribution in [1.82, 2.24) is 5.32 Å². The Labute approximate surface area is 123 Å². The van der Waals surface area contributed by atoms with E-state index in [1.165, 1.54) is 13.0 Å². The van der Waals surface area contributed by atoms with Crippen LogP contribution in [0.2, 0.25) is 0 Å². The molecule has 21 heavy (non-hydrogen) atoms. The number of hydrogen-bond acceptors (Lipinski definition) is 2. The van der Waals surface area contributed by atoms with Crippen molar-refractivity contribution in [3.8, 4) is 0 Å². The van der Waals surface area contributed by atoms with Crippen molar-refractivity contribution in [3.05, 3.63) is 29.8 Å². The van der Waals surface area contributed by atoms with E-state index in [0.717, 1.165) is 23.8 Å². The number of rotatable bonds is 7. The van der Waals surface area contributed by atoms with Crippen LogP contribution in [0.1, 0.15) is 33.1 Å². The van der Waals surface area contributed by atoms with Crippen LogP contribution in [0, 0.1) is 11.6 Å². The molecular formula is C15H20F2N2O2. The van der Waals surface area contributed by atoms with Crippen LogP contribution >= 0.6 is 0 Å². The molecule has 0 spiro atoms. The van der Waals surface area contributed by atoms with Crippen molar-refractivity contribution in [1.29, 1.82) is 0 Å². The summed E-state index contributed by atoms with van der Waals surface area (Å²) in [5, 5.41) is 2.72. The Kier molecular flexibility index (Phi) is 6.78. The lowest BCUT2D eigenvalue weighted by Crippen LogP contribution is -2.34. The third-order valence-corrected chi connectivity index (χ3v) is 3.00. The van der Waals surface area contributed by atoms with Gasteiger partial charge in [0.2, 0.25) is 11.8 Å². The predicted octanol–water partition coefficient (Wildman–Crippen LogP) is 2.62. The van der Waals surface area contributed by atoms with Crippen LogP contribution in [0.5, 0.6) is 0 Å². The lowest BCUT2D eigenvalue weighted by molar-refractivity contribution is -0.121. The summed E-state index contributed by atoms with van der Waals surface area (Å²) in [5.41, 5.74) is -0.0229. The van der Waals surface area contributed by atoms with Crippen LogP contribution in [0.4, 0.5) is 14.5 Å². The van der Waals surface area contributed by atoms with E-state index in [9.17, 15) is 18.4 Å². The molecule has 0 bridgehead atoms. The van der Waals surface area contributed by atoms with Crippen LogP contribution < -0.4 is 10.2 Å². The van der Waals surface area contributed by atoms with Crippen molar-refractivity contribution in [2.24, 2.45) is 0 Å². The average molecular weight is 298 g/mol. The molecule has 1 rings (SSSR count). The molecule has 0 aliphatic heterocycles. The quantitative estimate of drug-likeness (QED) is 0.787. The van der Waals surface area contributed by atoms with Gasteiger partial charge in [0.25, 0.3) is 0 Å². The molecule has 2 amide bonds. The number of anilines is 1. The summed E-state index contributed by atoms with van der Waals surface area (Å²) in [4.78, 5) is 24.3. The molecule has 0 atom stereocenters. The molecule has 1 aromatic rings. The Balaban J connectivity index is 2.66. The van der Waals surface area contributed by atoms with Gasteiger partial charge < -0.3 is 10.2 Å². The minimum absolute atomic E-state index is 0.0229. The lowest BCUT2D eigenvalue weighted by atomic mass is 10.2. The summed E-state index contributed by atoms with van der Waals surface area (Å²) >= 11 is 0. The van der Waals surface area contributed by atoms with E-state index >= 15 is 0 Å². The second kappa shape index (κ2) is 8.34. The number of nitrogens with one attached hydrogen (secondary N) is 1. The van der Waals surface area contributed by atoms with Crippen LogP contribution in [0.3, 0.4) is 0 Å². The van der Waals surface area contributed by atoms with Crippen molar-refractivity contribution in [2.75, 3.05) is 18.0 Å². The Morgan fingerprint density at radius 1 is 1.29 bits per heavy atom. The monoisotopic (exact) mass is 298 g/mol. The molecule has 0 aliphatic carbocycles. The van der Waals surface area contributed by atoms with Gasteiger partial charge in [-0.15, -0.1) is 0 Å². The summed E-state index contributed by atoms with van der Waals surface area (Å²) in [7, 11) is 0. The van der Waals surface area contributed by atoms with Crippen molar-refractivity contribution in [3.63, 3.8) is 0 Å². The number of hydrogen-bond donors (Lipinski definition) is 1. The number of halogens is 2. The predicted molar refractivity (Wildman–Crippen MR) is 76.9 cm³/mol. The minimum atomic E-state index is -0.823. The highest BCUT2D eigenvalue weighted by Gasteiger charge is 2.17. The van der Waals surface area contributed by atoms with Gasteiger partial charge in [0, 0.05) is 32.5 Å². The molecular weight excluding hydrogens is 278 g/mol. The summed E-state index contributed by atoms with van der Waals surface area (Å²) in [6.07, 6.45) is 1.93. The highest BCUT2D eigenvalue weighted by atomic mass is 19.1. The van der Waals surface area contributed by atoms with Gasteiger partial charge in [0.15, 0.2) is 0 Å². The van der Waals surface area contributed by atoms with Crippen molar-refractivity contribution in [2.45, 2.75) is 33.1 Å². The van der Waals surface area contributed by atoms with Gasteiger partial charge in [-0.25, -0.2) is 8.78 Å². The van der Waals surface area contributed by atoms with Crippen molar-refractivity contribution >= 4 is 17.5 Å². The SMILES string of the molecule is CCCCNC(=O)CCN(C(C)=O)c1ccc(F)cc1F. The number of unbranched alkanes of at least 4 members (excludes halogenated alkanes) is 1. The molecule has 0 radical (unpaired) electrons. The summed E-state index contributed by atoms with van der Waals surface area (Å²) in [6, 6.07) is 2.99. The van der Waals surface area contributed by atoms with Gasteiger partial charge in [0.1, 0.15) is 11.6 Å². The summed E-state index contributed by atoms with van der Waals surface area (Å²) in [6.45, 7) is 3.93. The van der Waals surface area contributed by atoms with E-state index in [-0.39, 0.29) is 24.6 Å². The summed E-state index contributed by atoms with van der Waals surface area (Å²) in [5.74, 6) is -2.13. The van der Waals surface area contributed by atoms with Crippen LogP contribution in [0.15, 0.2) is 18.2 Å². The molecule has 0 aliphatic rings. The van der Waals surface area contributed by atoms with Crippen LogP contribution in [-0.2, 0) is 9.59 Å². The first-order chi connectivity index (χ1) is 9.95. The van der Waals surface area contributed by atoms with Gasteiger partial charge in [-0.2, -0.15) is 0 Å². The third-order valence-electron chi connectivity index (χ3n) is 3.00. The molecule has 4 nitrogen and oxygen atoms in total. The largest absolute Gasteiger partial charge is 0.356 e. The van der Waals surface area contributed by atoms with E-state index in [0.29, 0.717) is 12.6 Å². The second-order valence-electron chi connectivity index (χ2n) is 4.72. The topological polar surface area (TPSA) is 49.4 Å². The highest BCUT2D eigenvalue weighted by molar-refractivity contribution is 5.92. The molecule has 0 saturated carbocycles. The second-order valence-corrected chi connectivity index (χ2v) is 4.72. The number of benzene rings is 1. The van der Waals surface area contributed by atoms with Crippen molar-refractivity contribution < 1.29 is 18.4 Å². The van der Waals surface area contributed by atoms with E-state index in [4.69, 9.17) is 0 Å². The average Bonchev–Trinajstić information content (AvgIpc) is 2.41. The first kappa shape index (κ1) is 17.1. The van der Waals surface area contributed by atoms with Crippen LogP contribution in [-0.4, -0.2) is 24.9 Å². The molecule has 1 aromatic carbocycles. The molecule has 0 saturated heterocycles. The Morgan fingerprint density at radius 2 is 2.00 bits per heavy atom. The normalized spacial score (nSPS) is 10.3. The molecule has 0 heterocycles. The zero-order chi connectivity index (χ0) is 15.8. The maximum atomic E-state index is 13.7. The van der Waals surface area contributed by atoms with Gasteiger partial charge in [-0.3, -0.25) is 9.59 Å². The number of carbonyl (C=O) groups excluding carboxylic acids is 2. The van der Waals surface area contributed by atoms with Gasteiger partial charge in [-0.05, 0) is 18.6 Å². The molecule has 116 valence electrons. The standard InChI is InChI=1S/C15H20F2N2O2/c1-3-4-8-18-15(21)7-9-19(11(2)20)14-6-5-12(16)10-13(14)17/h5-6,10H,3-4,7-9H2,1-2H3,(H,18,21). The fourth-order valence-corrected chi connectivity index (χ4v) is 1.85. The summed E-state index contributed by atoms with van der Waals surface area (Å²) < 4.78 is 26.6. The van der Waals surface area contributed by atoms with E-state index in [1.54, 1.807) is 0 Å². The number of amides is 2. The van der Waals surface area contributed by atoms with E-state index < -0.39 is 17.5 Å². The van der Waals surface area contributed by atoms with E-state index in [2.05, 4.69) is 5.32 Å². The Bertz CT molecular complexity index is 506. The fraction of sp³-hybridized carbons (Fsp3) is 0.467. The molecule has 0 unspecified atom stereocenters. The molecule has 1 N–H and O–H groups in total. The Hall–Kier alpha value is -1.98. The third kappa shape index (κ3) is 5.49. The van der Waals surface area contributed by atoms with Gasteiger partial charge >= 0.3 is 0 Å².